The number of likely N-dealkylation sites (tertiary alicyclic amines) is 1. The number of nitrogens with zero attached hydrogens (tertiary/aromatic N) is 7. The molecule has 2 aliphatic rings. The van der Waals surface area contributed by atoms with Crippen molar-refractivity contribution in [2.75, 3.05) is 43.0 Å². The molecule has 2 aliphatic heterocycles. The van der Waals surface area contributed by atoms with Crippen molar-refractivity contribution in [1.29, 1.82) is 5.26 Å². The van der Waals surface area contributed by atoms with E-state index in [1.807, 2.05) is 23.8 Å². The molecule has 0 unspecified atom stereocenters. The van der Waals surface area contributed by atoms with Gasteiger partial charge in [-0.05, 0) is 50.6 Å². The highest BCUT2D eigenvalue weighted by Crippen LogP contribution is 2.45. The van der Waals surface area contributed by atoms with Crippen LogP contribution in [0.2, 0.25) is 0 Å². The quantitative estimate of drug-likeness (QED) is 0.364. The molecule has 2 fully saturated rings. The molecule has 1 amide bonds. The minimum atomic E-state index is -1.41. The number of rotatable bonds is 6. The summed E-state index contributed by atoms with van der Waals surface area (Å²) in [5.41, 5.74) is 2.28. The molecule has 2 saturated heterocycles. The van der Waals surface area contributed by atoms with E-state index < -0.39 is 11.4 Å². The van der Waals surface area contributed by atoms with E-state index in [0.717, 1.165) is 11.4 Å². The minimum absolute atomic E-state index is 0.0980. The SMILES string of the molecule is CCc1nn2cc(F)c(N3CC4(CN(C(=O)C(C)(C)O)C4)C3)cc2c1N(C)c1nc(-c2ccc(F)cc2)c(C#N)s1. The maximum atomic E-state index is 15.3. The van der Waals surface area contributed by atoms with Crippen LogP contribution in [0.1, 0.15) is 31.3 Å². The lowest BCUT2D eigenvalue weighted by molar-refractivity contribution is -0.162. The van der Waals surface area contributed by atoms with Crippen LogP contribution in [0.3, 0.4) is 0 Å². The van der Waals surface area contributed by atoms with Crippen molar-refractivity contribution < 1.29 is 18.7 Å². The zero-order valence-corrected chi connectivity index (χ0v) is 24.0. The number of hydrogen-bond acceptors (Lipinski definition) is 8. The summed E-state index contributed by atoms with van der Waals surface area (Å²) in [7, 11) is 1.84. The van der Waals surface area contributed by atoms with Gasteiger partial charge in [0.05, 0.1) is 28.8 Å². The molecule has 4 aromatic rings. The number of benzene rings is 1. The molecular formula is C29H29F2N7O2S. The number of fused-ring (bicyclic) bond motifs is 1. The first-order valence-electron chi connectivity index (χ1n) is 13.3. The zero-order chi connectivity index (χ0) is 29.3. The summed E-state index contributed by atoms with van der Waals surface area (Å²) >= 11 is 1.22. The first-order valence-corrected chi connectivity index (χ1v) is 14.1. The van der Waals surface area contributed by atoms with E-state index >= 15 is 4.39 Å². The van der Waals surface area contributed by atoms with E-state index in [0.29, 0.717) is 65.1 Å². The lowest BCUT2D eigenvalue weighted by atomic mass is 9.72. The summed E-state index contributed by atoms with van der Waals surface area (Å²) in [5.74, 6) is -1.06. The second-order valence-electron chi connectivity index (χ2n) is 11.4. The molecule has 0 aliphatic carbocycles. The van der Waals surface area contributed by atoms with Gasteiger partial charge < -0.3 is 19.8 Å². The first kappa shape index (κ1) is 27.1. The monoisotopic (exact) mass is 577 g/mol. The van der Waals surface area contributed by atoms with Gasteiger partial charge in [0.2, 0.25) is 0 Å². The zero-order valence-electron chi connectivity index (χ0n) is 23.1. The van der Waals surface area contributed by atoms with Gasteiger partial charge >= 0.3 is 0 Å². The molecule has 1 aromatic carbocycles. The van der Waals surface area contributed by atoms with Crippen molar-refractivity contribution in [3.05, 3.63) is 58.7 Å². The van der Waals surface area contributed by atoms with Crippen LogP contribution in [0, 0.1) is 28.4 Å². The van der Waals surface area contributed by atoms with Gasteiger partial charge in [-0.3, -0.25) is 4.79 Å². The van der Waals surface area contributed by atoms with Gasteiger partial charge in [-0.2, -0.15) is 10.4 Å². The summed E-state index contributed by atoms with van der Waals surface area (Å²) < 4.78 is 30.3. The molecule has 9 nitrogen and oxygen atoms in total. The fraction of sp³-hybridized carbons (Fsp3) is 0.379. The minimum Gasteiger partial charge on any atom is -0.381 e. The van der Waals surface area contributed by atoms with Gasteiger partial charge in [0.25, 0.3) is 5.91 Å². The van der Waals surface area contributed by atoms with E-state index in [2.05, 4.69) is 11.2 Å². The predicted molar refractivity (Wildman–Crippen MR) is 152 cm³/mol. The second kappa shape index (κ2) is 9.49. The third-order valence-electron chi connectivity index (χ3n) is 7.79. The van der Waals surface area contributed by atoms with E-state index in [-0.39, 0.29) is 17.1 Å². The Morgan fingerprint density at radius 2 is 1.90 bits per heavy atom. The molecule has 5 heterocycles. The number of aryl methyl sites for hydroxylation is 1. The summed E-state index contributed by atoms with van der Waals surface area (Å²) in [6.45, 7) is 7.23. The third-order valence-corrected chi connectivity index (χ3v) is 8.83. The molecule has 0 saturated carbocycles. The summed E-state index contributed by atoms with van der Waals surface area (Å²) in [4.78, 5) is 23.0. The van der Waals surface area contributed by atoms with Crippen LogP contribution >= 0.6 is 11.3 Å². The Labute approximate surface area is 239 Å². The summed E-state index contributed by atoms with van der Waals surface area (Å²) in [5, 5.41) is 25.0. The number of amides is 1. The predicted octanol–water partition coefficient (Wildman–Crippen LogP) is 4.36. The molecule has 0 radical (unpaired) electrons. The number of aromatic nitrogens is 3. The number of thiazole rings is 1. The number of carbonyl (C=O) groups is 1. The van der Waals surface area contributed by atoms with Gasteiger partial charge in [-0.15, -0.1) is 0 Å². The van der Waals surface area contributed by atoms with Crippen molar-refractivity contribution in [3.8, 4) is 17.3 Å². The lowest BCUT2D eigenvalue weighted by Gasteiger charge is -2.61. The van der Waals surface area contributed by atoms with Crippen LogP contribution in [0.5, 0.6) is 0 Å². The average molecular weight is 578 g/mol. The fourth-order valence-electron chi connectivity index (χ4n) is 5.79. The van der Waals surface area contributed by atoms with Gasteiger partial charge in [0.1, 0.15) is 28.1 Å². The van der Waals surface area contributed by atoms with Gasteiger partial charge in [0, 0.05) is 44.2 Å². The smallest absolute Gasteiger partial charge is 0.253 e. The van der Waals surface area contributed by atoms with Crippen LogP contribution in [-0.2, 0) is 11.2 Å². The summed E-state index contributed by atoms with van der Waals surface area (Å²) in [6, 6.07) is 9.85. The molecule has 212 valence electrons. The highest BCUT2D eigenvalue weighted by Gasteiger charge is 2.55. The lowest BCUT2D eigenvalue weighted by Crippen LogP contribution is -2.74. The number of nitriles is 1. The van der Waals surface area contributed by atoms with Gasteiger partial charge in [0.15, 0.2) is 10.9 Å². The fourth-order valence-corrected chi connectivity index (χ4v) is 6.65. The standard InChI is InChI=1S/C29H29F2N7O2S/c1-5-20-25(35(4)27-33-24(23(11-32)41-27)17-6-8-18(30)9-7-17)22-10-21(19(31)12-38(22)34-20)36-13-29(14-36)15-37(16-29)26(39)28(2,3)40/h6-10,12,40H,5,13-16H2,1-4H3. The molecule has 1 N–H and O–H groups in total. The number of hydrogen-bond donors (Lipinski definition) is 1. The van der Waals surface area contributed by atoms with Crippen molar-refractivity contribution in [3.63, 3.8) is 0 Å². The number of anilines is 3. The Kier molecular flexibility index (Phi) is 6.28. The van der Waals surface area contributed by atoms with Crippen molar-refractivity contribution in [1.82, 2.24) is 19.5 Å². The topological polar surface area (TPSA) is 101 Å². The van der Waals surface area contributed by atoms with E-state index in [4.69, 9.17) is 4.98 Å². The number of pyridine rings is 1. The van der Waals surface area contributed by atoms with Crippen LogP contribution in [0.15, 0.2) is 36.5 Å². The van der Waals surface area contributed by atoms with Gasteiger partial charge in [-0.25, -0.2) is 18.3 Å². The Morgan fingerprint density at radius 1 is 1.22 bits per heavy atom. The maximum absolute atomic E-state index is 15.3. The van der Waals surface area contributed by atoms with Crippen molar-refractivity contribution in [2.45, 2.75) is 32.8 Å². The highest BCUT2D eigenvalue weighted by atomic mass is 32.1. The Bertz CT molecular complexity index is 1700. The van der Waals surface area contributed by atoms with Crippen LogP contribution in [-0.4, -0.2) is 69.3 Å². The van der Waals surface area contributed by atoms with Crippen molar-refractivity contribution in [2.24, 2.45) is 5.41 Å². The van der Waals surface area contributed by atoms with E-state index in [1.54, 1.807) is 23.1 Å². The van der Waals surface area contributed by atoms with Crippen molar-refractivity contribution >= 4 is 39.3 Å². The molecule has 6 rings (SSSR count). The Balaban J connectivity index is 1.30. The second-order valence-corrected chi connectivity index (χ2v) is 12.4. The van der Waals surface area contributed by atoms with E-state index in [1.165, 1.54) is 48.0 Å². The number of aliphatic hydroxyl groups is 1. The number of halogens is 2. The number of carbonyl (C=O) groups excluding carboxylic acids is 1. The van der Waals surface area contributed by atoms with Crippen LogP contribution in [0.4, 0.5) is 25.3 Å². The molecular weight excluding hydrogens is 548 g/mol. The molecule has 3 aromatic heterocycles. The highest BCUT2D eigenvalue weighted by molar-refractivity contribution is 7.16. The summed E-state index contributed by atoms with van der Waals surface area (Å²) in [6.07, 6.45) is 1.97. The Morgan fingerprint density at radius 3 is 2.51 bits per heavy atom. The maximum Gasteiger partial charge on any atom is 0.253 e. The Hall–Kier alpha value is -4.08. The normalized spacial score (nSPS) is 16.0. The molecule has 1 spiro atoms. The molecule has 41 heavy (non-hydrogen) atoms. The molecule has 0 bridgehead atoms. The third kappa shape index (κ3) is 4.49. The largest absolute Gasteiger partial charge is 0.381 e. The van der Waals surface area contributed by atoms with Crippen LogP contribution < -0.4 is 9.80 Å². The van der Waals surface area contributed by atoms with Crippen LogP contribution in [0.25, 0.3) is 16.8 Å². The van der Waals surface area contributed by atoms with E-state index in [9.17, 15) is 19.6 Å². The molecule has 12 heteroatoms. The first-order chi connectivity index (χ1) is 19.4. The van der Waals surface area contributed by atoms with Gasteiger partial charge in [-0.1, -0.05) is 18.3 Å². The average Bonchev–Trinajstić information content (AvgIpc) is 3.47. The molecule has 0 atom stereocenters.